The molecule has 0 unspecified atom stereocenters. The lowest BCUT2D eigenvalue weighted by Gasteiger charge is -2.33. The topological polar surface area (TPSA) is 60.2 Å². The Bertz CT molecular complexity index is 907. The van der Waals surface area contributed by atoms with Crippen molar-refractivity contribution in [1.82, 2.24) is 9.97 Å². The Morgan fingerprint density at radius 2 is 2.23 bits per heavy atom. The van der Waals surface area contributed by atoms with Crippen molar-refractivity contribution in [3.8, 4) is 0 Å². The van der Waals surface area contributed by atoms with Gasteiger partial charge in [-0.25, -0.2) is 9.97 Å². The fraction of sp³-hybridized carbons (Fsp3) is 0.474. The van der Waals surface area contributed by atoms with Crippen molar-refractivity contribution < 1.29 is 9.15 Å². The molecule has 1 aliphatic heterocycles. The van der Waals surface area contributed by atoms with Crippen LogP contribution in [0.3, 0.4) is 0 Å². The summed E-state index contributed by atoms with van der Waals surface area (Å²) in [6, 6.07) is 3.87. The molecule has 0 radical (unpaired) electrons. The molecule has 5 nitrogen and oxygen atoms in total. The van der Waals surface area contributed by atoms with E-state index in [2.05, 4.69) is 26.1 Å². The molecule has 0 aromatic carbocycles. The number of anilines is 1. The van der Waals surface area contributed by atoms with Gasteiger partial charge in [-0.2, -0.15) is 0 Å². The van der Waals surface area contributed by atoms with Gasteiger partial charge >= 0.3 is 0 Å². The fourth-order valence-electron chi connectivity index (χ4n) is 3.19. The van der Waals surface area contributed by atoms with Crippen molar-refractivity contribution in [3.63, 3.8) is 0 Å². The number of rotatable bonds is 6. The SMILES string of the molecule is CCSc1nc(NCc2ccco2)c2c3c(sc2n1)CO[C@](C)(CC)C3. The van der Waals surface area contributed by atoms with Gasteiger partial charge in [-0.1, -0.05) is 25.6 Å². The average molecular weight is 390 g/mol. The molecule has 7 heteroatoms. The van der Waals surface area contributed by atoms with Gasteiger partial charge in [0.25, 0.3) is 0 Å². The van der Waals surface area contributed by atoms with Crippen LogP contribution in [0.25, 0.3) is 10.2 Å². The largest absolute Gasteiger partial charge is 0.467 e. The second-order valence-electron chi connectivity index (χ2n) is 6.67. The second-order valence-corrected chi connectivity index (χ2v) is 8.99. The monoisotopic (exact) mass is 389 g/mol. The third kappa shape index (κ3) is 3.35. The summed E-state index contributed by atoms with van der Waals surface area (Å²) in [6.07, 6.45) is 3.59. The van der Waals surface area contributed by atoms with Crippen molar-refractivity contribution in [2.45, 2.75) is 57.5 Å². The maximum Gasteiger partial charge on any atom is 0.190 e. The fourth-order valence-corrected chi connectivity index (χ4v) is 4.92. The summed E-state index contributed by atoms with van der Waals surface area (Å²) in [5.41, 5.74) is 1.23. The Morgan fingerprint density at radius 1 is 1.35 bits per heavy atom. The summed E-state index contributed by atoms with van der Waals surface area (Å²) < 4.78 is 11.6. The number of furan rings is 1. The van der Waals surface area contributed by atoms with Gasteiger partial charge in [-0.3, -0.25) is 0 Å². The highest BCUT2D eigenvalue weighted by molar-refractivity contribution is 7.99. The van der Waals surface area contributed by atoms with E-state index in [0.717, 1.165) is 45.5 Å². The van der Waals surface area contributed by atoms with Crippen LogP contribution in [0.4, 0.5) is 5.82 Å². The summed E-state index contributed by atoms with van der Waals surface area (Å²) >= 11 is 3.40. The van der Waals surface area contributed by atoms with E-state index in [0.29, 0.717) is 13.2 Å². The molecule has 26 heavy (non-hydrogen) atoms. The van der Waals surface area contributed by atoms with E-state index in [9.17, 15) is 0 Å². The van der Waals surface area contributed by atoms with Crippen LogP contribution in [0.1, 0.15) is 43.4 Å². The molecule has 4 heterocycles. The minimum atomic E-state index is -0.115. The van der Waals surface area contributed by atoms with Gasteiger partial charge in [-0.05, 0) is 36.8 Å². The van der Waals surface area contributed by atoms with E-state index in [1.165, 1.54) is 10.4 Å². The first kappa shape index (κ1) is 17.8. The van der Waals surface area contributed by atoms with Crippen molar-refractivity contribution in [2.24, 2.45) is 0 Å². The zero-order valence-corrected chi connectivity index (χ0v) is 16.9. The van der Waals surface area contributed by atoms with Crippen LogP contribution in [0.5, 0.6) is 0 Å². The molecule has 0 saturated heterocycles. The standard InChI is InChI=1S/C19H23N3O2S2/c1-4-19(3)9-13-14(11-24-19)26-17-15(13)16(21-18(22-17)25-5-2)20-10-12-7-6-8-23-12/h6-8H,4-5,9-11H2,1-3H3,(H,20,21,22)/t19-/m1/s1. The Morgan fingerprint density at radius 3 is 2.96 bits per heavy atom. The smallest absolute Gasteiger partial charge is 0.190 e. The molecule has 0 aliphatic carbocycles. The van der Waals surface area contributed by atoms with Gasteiger partial charge in [0.2, 0.25) is 0 Å². The highest BCUT2D eigenvalue weighted by Crippen LogP contribution is 2.42. The van der Waals surface area contributed by atoms with E-state index < -0.39 is 0 Å². The molecule has 138 valence electrons. The number of fused-ring (bicyclic) bond motifs is 3. The van der Waals surface area contributed by atoms with E-state index in [-0.39, 0.29) is 5.60 Å². The lowest BCUT2D eigenvalue weighted by molar-refractivity contribution is -0.0542. The van der Waals surface area contributed by atoms with E-state index in [4.69, 9.17) is 19.1 Å². The summed E-state index contributed by atoms with van der Waals surface area (Å²) in [5.74, 6) is 2.75. The Balaban J connectivity index is 1.77. The lowest BCUT2D eigenvalue weighted by Crippen LogP contribution is -2.33. The van der Waals surface area contributed by atoms with Crippen LogP contribution in [-0.4, -0.2) is 21.3 Å². The number of nitrogens with one attached hydrogen (secondary N) is 1. The predicted molar refractivity (Wildman–Crippen MR) is 107 cm³/mol. The summed E-state index contributed by atoms with van der Waals surface area (Å²) in [4.78, 5) is 11.9. The number of aromatic nitrogens is 2. The number of hydrogen-bond donors (Lipinski definition) is 1. The quantitative estimate of drug-likeness (QED) is 0.459. The van der Waals surface area contributed by atoms with Gasteiger partial charge in [-0.15, -0.1) is 11.3 Å². The summed E-state index contributed by atoms with van der Waals surface area (Å²) in [7, 11) is 0. The van der Waals surface area contributed by atoms with Crippen molar-refractivity contribution in [1.29, 1.82) is 0 Å². The molecule has 3 aromatic heterocycles. The van der Waals surface area contributed by atoms with E-state index in [1.54, 1.807) is 29.4 Å². The Labute approximate surface area is 161 Å². The highest BCUT2D eigenvalue weighted by atomic mass is 32.2. The van der Waals surface area contributed by atoms with Crippen LogP contribution in [0.15, 0.2) is 28.0 Å². The minimum Gasteiger partial charge on any atom is -0.467 e. The molecule has 0 saturated carbocycles. The average Bonchev–Trinajstić information content (AvgIpc) is 3.27. The molecule has 4 rings (SSSR count). The third-order valence-corrected chi connectivity index (χ3v) is 6.68. The van der Waals surface area contributed by atoms with Crippen LogP contribution in [-0.2, 0) is 24.3 Å². The first-order valence-electron chi connectivity index (χ1n) is 8.97. The van der Waals surface area contributed by atoms with Gasteiger partial charge in [0.15, 0.2) is 5.16 Å². The number of thioether (sulfide) groups is 1. The molecular weight excluding hydrogens is 366 g/mol. The Kier molecular flexibility index (Phi) is 4.94. The van der Waals surface area contributed by atoms with Gasteiger partial charge in [0.1, 0.15) is 16.4 Å². The van der Waals surface area contributed by atoms with Gasteiger partial charge < -0.3 is 14.5 Å². The first-order valence-corrected chi connectivity index (χ1v) is 10.8. The molecule has 0 amide bonds. The molecular formula is C19H23N3O2S2. The number of nitrogens with zero attached hydrogens (tertiary/aromatic N) is 2. The molecule has 0 bridgehead atoms. The number of thiophene rings is 1. The molecule has 3 aromatic rings. The number of hydrogen-bond acceptors (Lipinski definition) is 7. The summed E-state index contributed by atoms with van der Waals surface area (Å²) in [5, 5.41) is 5.45. The van der Waals surface area contributed by atoms with E-state index in [1.807, 2.05) is 12.1 Å². The molecule has 1 aliphatic rings. The zero-order valence-electron chi connectivity index (χ0n) is 15.3. The zero-order chi connectivity index (χ0) is 18.1. The number of ether oxygens (including phenoxy) is 1. The van der Waals surface area contributed by atoms with Crippen LogP contribution >= 0.6 is 23.1 Å². The second kappa shape index (κ2) is 7.21. The van der Waals surface area contributed by atoms with Gasteiger partial charge in [0, 0.05) is 11.3 Å². The van der Waals surface area contributed by atoms with Crippen LogP contribution in [0, 0.1) is 0 Å². The molecule has 1 atom stereocenters. The normalized spacial score (nSPS) is 19.7. The predicted octanol–water partition coefficient (Wildman–Crippen LogP) is 5.25. The maximum atomic E-state index is 6.13. The maximum absolute atomic E-state index is 6.13. The summed E-state index contributed by atoms with van der Waals surface area (Å²) in [6.45, 7) is 7.77. The van der Waals surface area contributed by atoms with E-state index >= 15 is 0 Å². The van der Waals surface area contributed by atoms with Crippen molar-refractivity contribution in [2.75, 3.05) is 11.1 Å². The first-order chi connectivity index (χ1) is 12.6. The third-order valence-electron chi connectivity index (χ3n) is 4.85. The highest BCUT2D eigenvalue weighted by Gasteiger charge is 2.33. The van der Waals surface area contributed by atoms with Crippen LogP contribution < -0.4 is 5.32 Å². The molecule has 0 spiro atoms. The van der Waals surface area contributed by atoms with Crippen molar-refractivity contribution >= 4 is 39.1 Å². The minimum absolute atomic E-state index is 0.115. The lowest BCUT2D eigenvalue weighted by atomic mass is 9.90. The van der Waals surface area contributed by atoms with Gasteiger partial charge in [0.05, 0.1) is 30.4 Å². The molecule has 0 fully saturated rings. The Hall–Kier alpha value is -1.57. The molecule has 1 N–H and O–H groups in total. The van der Waals surface area contributed by atoms with Crippen LogP contribution in [0.2, 0.25) is 0 Å². The van der Waals surface area contributed by atoms with Crippen molar-refractivity contribution in [3.05, 3.63) is 34.6 Å².